The fourth-order valence-electron chi connectivity index (χ4n) is 2.32. The second-order valence-corrected chi connectivity index (χ2v) is 6.50. The molecule has 0 radical (unpaired) electrons. The first-order chi connectivity index (χ1) is 9.47. The molecule has 2 heteroatoms. The molecule has 1 rings (SSSR count). The summed E-state index contributed by atoms with van der Waals surface area (Å²) in [6.45, 7) is 16.8. The maximum atomic E-state index is 3.54. The normalized spacial score (nSPS) is 12.1. The molecule has 0 saturated carbocycles. The smallest absolute Gasteiger partial charge is 0.0205 e. The molecule has 20 heavy (non-hydrogen) atoms. The Bertz CT molecular complexity index is 358. The van der Waals surface area contributed by atoms with Crippen molar-refractivity contribution in [3.05, 3.63) is 35.4 Å². The maximum Gasteiger partial charge on any atom is 0.0205 e. The Labute approximate surface area is 125 Å². The molecule has 0 fully saturated rings. The van der Waals surface area contributed by atoms with Crippen LogP contribution in [0.2, 0.25) is 0 Å². The highest BCUT2D eigenvalue weighted by molar-refractivity contribution is 5.27. The lowest BCUT2D eigenvalue weighted by molar-refractivity contribution is 0.298. The predicted octanol–water partition coefficient (Wildman–Crippen LogP) is 3.81. The molecule has 0 aliphatic rings. The summed E-state index contributed by atoms with van der Waals surface area (Å²) in [7, 11) is 0. The van der Waals surface area contributed by atoms with Crippen LogP contribution in [0.5, 0.6) is 0 Å². The van der Waals surface area contributed by atoms with E-state index < -0.39 is 0 Å². The van der Waals surface area contributed by atoms with E-state index in [4.69, 9.17) is 0 Å². The summed E-state index contributed by atoms with van der Waals surface area (Å²) in [5.74, 6) is 0. The van der Waals surface area contributed by atoms with Crippen molar-refractivity contribution in [1.29, 1.82) is 0 Å². The molecule has 0 aliphatic heterocycles. The van der Waals surface area contributed by atoms with Gasteiger partial charge in [0.2, 0.25) is 0 Å². The number of hydrogen-bond acceptors (Lipinski definition) is 2. The molecule has 1 aromatic carbocycles. The minimum atomic E-state index is 0.246. The van der Waals surface area contributed by atoms with Crippen LogP contribution in [0.25, 0.3) is 0 Å². The predicted molar refractivity (Wildman–Crippen MR) is 89.3 cm³/mol. The Morgan fingerprint density at radius 2 is 1.60 bits per heavy atom. The van der Waals surface area contributed by atoms with Gasteiger partial charge in [-0.3, -0.25) is 0 Å². The minimum Gasteiger partial charge on any atom is -0.313 e. The molecular weight excluding hydrogens is 244 g/mol. The van der Waals surface area contributed by atoms with Crippen LogP contribution >= 0.6 is 0 Å². The number of rotatable bonds is 8. The standard InChI is InChI=1S/C18H32N2/c1-6-20(7-2)14-8-13-19-15-16-9-11-17(12-10-16)18(3,4)5/h9-12,19H,6-8,13-15H2,1-5H3. The van der Waals surface area contributed by atoms with Gasteiger partial charge in [-0.15, -0.1) is 0 Å². The molecule has 2 nitrogen and oxygen atoms in total. The zero-order chi connectivity index (χ0) is 15.0. The summed E-state index contributed by atoms with van der Waals surface area (Å²) in [5, 5.41) is 3.54. The van der Waals surface area contributed by atoms with Gasteiger partial charge in [-0.25, -0.2) is 0 Å². The van der Waals surface area contributed by atoms with Crippen LogP contribution in [0, 0.1) is 0 Å². The molecule has 1 N–H and O–H groups in total. The number of nitrogens with one attached hydrogen (secondary N) is 1. The molecule has 0 saturated heterocycles. The molecule has 0 aromatic heterocycles. The van der Waals surface area contributed by atoms with Crippen LogP contribution in [0.3, 0.4) is 0 Å². The van der Waals surface area contributed by atoms with Crippen molar-refractivity contribution in [2.24, 2.45) is 0 Å². The summed E-state index contributed by atoms with van der Waals surface area (Å²) in [6, 6.07) is 9.01. The second kappa shape index (κ2) is 8.43. The van der Waals surface area contributed by atoms with Crippen molar-refractivity contribution in [1.82, 2.24) is 10.2 Å². The molecule has 0 aliphatic carbocycles. The van der Waals surface area contributed by atoms with E-state index in [9.17, 15) is 0 Å². The third-order valence-electron chi connectivity index (χ3n) is 3.87. The Hall–Kier alpha value is -0.860. The molecule has 0 atom stereocenters. The van der Waals surface area contributed by atoms with Gasteiger partial charge in [0.1, 0.15) is 0 Å². The number of benzene rings is 1. The van der Waals surface area contributed by atoms with Crippen LogP contribution in [-0.4, -0.2) is 31.1 Å². The van der Waals surface area contributed by atoms with Gasteiger partial charge in [0.05, 0.1) is 0 Å². The minimum absolute atomic E-state index is 0.246. The zero-order valence-electron chi connectivity index (χ0n) is 14.0. The Morgan fingerprint density at radius 3 is 2.10 bits per heavy atom. The van der Waals surface area contributed by atoms with Gasteiger partial charge < -0.3 is 10.2 Å². The topological polar surface area (TPSA) is 15.3 Å². The van der Waals surface area contributed by atoms with Crippen LogP contribution < -0.4 is 5.32 Å². The molecule has 114 valence electrons. The van der Waals surface area contributed by atoms with E-state index in [0.717, 1.165) is 26.2 Å². The molecule has 0 amide bonds. The Balaban J connectivity index is 2.26. The highest BCUT2D eigenvalue weighted by Gasteiger charge is 2.12. The highest BCUT2D eigenvalue weighted by atomic mass is 15.1. The lowest BCUT2D eigenvalue weighted by Crippen LogP contribution is -2.27. The average molecular weight is 276 g/mol. The van der Waals surface area contributed by atoms with E-state index in [1.54, 1.807) is 0 Å². The third kappa shape index (κ3) is 6.06. The van der Waals surface area contributed by atoms with Crippen LogP contribution in [0.1, 0.15) is 52.2 Å². The van der Waals surface area contributed by atoms with Gasteiger partial charge in [0, 0.05) is 6.54 Å². The SMILES string of the molecule is CCN(CC)CCCNCc1ccc(C(C)(C)C)cc1. The van der Waals surface area contributed by atoms with E-state index in [-0.39, 0.29) is 5.41 Å². The van der Waals surface area contributed by atoms with Gasteiger partial charge in [0.15, 0.2) is 0 Å². The van der Waals surface area contributed by atoms with Crippen molar-refractivity contribution in [2.45, 2.75) is 53.0 Å². The Morgan fingerprint density at radius 1 is 1.00 bits per heavy atom. The molecule has 0 heterocycles. The summed E-state index contributed by atoms with van der Waals surface area (Å²) in [5.41, 5.74) is 3.03. The van der Waals surface area contributed by atoms with Crippen LogP contribution in [0.4, 0.5) is 0 Å². The molecule has 0 bridgehead atoms. The molecule has 0 unspecified atom stereocenters. The van der Waals surface area contributed by atoms with Gasteiger partial charge in [0.25, 0.3) is 0 Å². The lowest BCUT2D eigenvalue weighted by atomic mass is 9.87. The summed E-state index contributed by atoms with van der Waals surface area (Å²) >= 11 is 0. The zero-order valence-corrected chi connectivity index (χ0v) is 14.0. The summed E-state index contributed by atoms with van der Waals surface area (Å²) in [6.07, 6.45) is 1.22. The van der Waals surface area contributed by atoms with Gasteiger partial charge in [-0.1, -0.05) is 58.9 Å². The second-order valence-electron chi connectivity index (χ2n) is 6.50. The highest BCUT2D eigenvalue weighted by Crippen LogP contribution is 2.22. The van der Waals surface area contributed by atoms with Gasteiger partial charge >= 0.3 is 0 Å². The van der Waals surface area contributed by atoms with E-state index >= 15 is 0 Å². The summed E-state index contributed by atoms with van der Waals surface area (Å²) in [4.78, 5) is 2.47. The van der Waals surface area contributed by atoms with Crippen molar-refractivity contribution in [3.63, 3.8) is 0 Å². The van der Waals surface area contributed by atoms with E-state index in [1.807, 2.05) is 0 Å². The van der Waals surface area contributed by atoms with Gasteiger partial charge in [-0.2, -0.15) is 0 Å². The molecule has 0 spiro atoms. The number of nitrogens with zero attached hydrogens (tertiary/aromatic N) is 1. The van der Waals surface area contributed by atoms with E-state index in [2.05, 4.69) is 69.1 Å². The van der Waals surface area contributed by atoms with Crippen LogP contribution in [0.15, 0.2) is 24.3 Å². The lowest BCUT2D eigenvalue weighted by Gasteiger charge is -2.19. The van der Waals surface area contributed by atoms with Crippen molar-refractivity contribution < 1.29 is 0 Å². The van der Waals surface area contributed by atoms with Crippen molar-refractivity contribution in [3.8, 4) is 0 Å². The Kier molecular flexibility index (Phi) is 7.25. The first kappa shape index (κ1) is 17.2. The fourth-order valence-corrected chi connectivity index (χ4v) is 2.32. The fraction of sp³-hybridized carbons (Fsp3) is 0.667. The van der Waals surface area contributed by atoms with Crippen molar-refractivity contribution in [2.75, 3.05) is 26.2 Å². The van der Waals surface area contributed by atoms with Crippen LogP contribution in [-0.2, 0) is 12.0 Å². The average Bonchev–Trinajstić information content (AvgIpc) is 2.42. The first-order valence-corrected chi connectivity index (χ1v) is 7.99. The number of hydrogen-bond donors (Lipinski definition) is 1. The van der Waals surface area contributed by atoms with E-state index in [1.165, 1.54) is 24.1 Å². The molecule has 1 aromatic rings. The quantitative estimate of drug-likeness (QED) is 0.726. The molecular formula is C18H32N2. The summed E-state index contributed by atoms with van der Waals surface area (Å²) < 4.78 is 0. The van der Waals surface area contributed by atoms with E-state index in [0.29, 0.717) is 0 Å². The first-order valence-electron chi connectivity index (χ1n) is 7.99. The largest absolute Gasteiger partial charge is 0.313 e. The third-order valence-corrected chi connectivity index (χ3v) is 3.87. The van der Waals surface area contributed by atoms with Crippen molar-refractivity contribution >= 4 is 0 Å². The monoisotopic (exact) mass is 276 g/mol. The van der Waals surface area contributed by atoms with Gasteiger partial charge in [-0.05, 0) is 49.1 Å². The maximum absolute atomic E-state index is 3.54.